The van der Waals surface area contributed by atoms with Crippen LogP contribution in [0.5, 0.6) is 11.5 Å². The highest BCUT2D eigenvalue weighted by molar-refractivity contribution is 7.17. The minimum Gasteiger partial charge on any atom is -0.454 e. The number of aromatic nitrogens is 1. The van der Waals surface area contributed by atoms with Crippen molar-refractivity contribution < 1.29 is 19.0 Å². The molecule has 2 aliphatic rings. The molecule has 1 aromatic heterocycles. The summed E-state index contributed by atoms with van der Waals surface area (Å²) in [5.74, 6) is 0.783. The van der Waals surface area contributed by atoms with Crippen LogP contribution in [0.2, 0.25) is 5.02 Å². The maximum atomic E-state index is 12.4. The van der Waals surface area contributed by atoms with Gasteiger partial charge < -0.3 is 19.1 Å². The Morgan fingerprint density at radius 2 is 2.19 bits per heavy atom. The molecule has 1 saturated heterocycles. The predicted molar refractivity (Wildman–Crippen MR) is 103 cm³/mol. The lowest BCUT2D eigenvalue weighted by Crippen LogP contribution is -2.36. The Balaban J connectivity index is 1.43. The Bertz CT molecular complexity index is 895. The number of benzene rings is 1. The summed E-state index contributed by atoms with van der Waals surface area (Å²) in [4.78, 5) is 19.6. The Morgan fingerprint density at radius 3 is 3.00 bits per heavy atom. The highest BCUT2D eigenvalue weighted by atomic mass is 35.5. The van der Waals surface area contributed by atoms with E-state index in [1.165, 1.54) is 17.6 Å². The van der Waals surface area contributed by atoms with Crippen molar-refractivity contribution in [1.82, 2.24) is 10.4 Å². The van der Waals surface area contributed by atoms with E-state index in [1.54, 1.807) is 12.1 Å². The third-order valence-corrected chi connectivity index (χ3v) is 5.60. The first kappa shape index (κ1) is 18.0. The molecule has 8 nitrogen and oxygen atoms in total. The average molecular weight is 409 g/mol. The fraction of sp³-hybridized carbons (Fsp3) is 0.353. The van der Waals surface area contributed by atoms with Crippen LogP contribution in [0.1, 0.15) is 20.9 Å². The molecular weight excluding hydrogens is 392 g/mol. The number of aryl methyl sites for hydroxylation is 1. The Hall–Kier alpha value is -2.36. The Labute approximate surface area is 164 Å². The van der Waals surface area contributed by atoms with Gasteiger partial charge in [-0.1, -0.05) is 22.9 Å². The summed E-state index contributed by atoms with van der Waals surface area (Å²) in [6.07, 6.45) is 1.50. The zero-order chi connectivity index (χ0) is 18.8. The molecule has 0 atom stereocenters. The van der Waals surface area contributed by atoms with Crippen LogP contribution in [0.4, 0.5) is 5.13 Å². The molecule has 1 aromatic carbocycles. The smallest absolute Gasteiger partial charge is 0.283 e. The van der Waals surface area contributed by atoms with Gasteiger partial charge in [0.2, 0.25) is 6.79 Å². The molecule has 10 heteroatoms. The lowest BCUT2D eigenvalue weighted by atomic mass is 10.2. The molecule has 142 valence electrons. The zero-order valence-corrected chi connectivity index (χ0v) is 16.1. The molecular formula is C17H17ClN4O4S. The van der Waals surface area contributed by atoms with Crippen molar-refractivity contribution >= 4 is 40.2 Å². The van der Waals surface area contributed by atoms with Gasteiger partial charge in [0, 0.05) is 13.1 Å². The second kappa shape index (κ2) is 7.71. The number of hydrazone groups is 1. The van der Waals surface area contributed by atoms with Crippen LogP contribution >= 0.6 is 22.9 Å². The monoisotopic (exact) mass is 408 g/mol. The van der Waals surface area contributed by atoms with Gasteiger partial charge in [0.05, 0.1) is 30.1 Å². The average Bonchev–Trinajstić information content (AvgIpc) is 3.29. The number of nitrogens with one attached hydrogen (secondary N) is 1. The molecule has 27 heavy (non-hydrogen) atoms. The number of ether oxygens (including phenoxy) is 3. The first-order valence-electron chi connectivity index (χ1n) is 8.34. The van der Waals surface area contributed by atoms with E-state index in [1.807, 2.05) is 6.92 Å². The molecule has 2 aromatic rings. The first-order chi connectivity index (χ1) is 13.1. The zero-order valence-electron chi connectivity index (χ0n) is 14.5. The number of thiazole rings is 1. The van der Waals surface area contributed by atoms with Gasteiger partial charge >= 0.3 is 0 Å². The quantitative estimate of drug-likeness (QED) is 0.617. The van der Waals surface area contributed by atoms with Gasteiger partial charge in [-0.2, -0.15) is 5.10 Å². The summed E-state index contributed by atoms with van der Waals surface area (Å²) in [5.41, 5.74) is 3.91. The van der Waals surface area contributed by atoms with Crippen molar-refractivity contribution in [3.63, 3.8) is 0 Å². The molecule has 0 saturated carbocycles. The van der Waals surface area contributed by atoms with Gasteiger partial charge in [0.25, 0.3) is 5.91 Å². The van der Waals surface area contributed by atoms with Gasteiger partial charge in [0.15, 0.2) is 16.6 Å². The van der Waals surface area contributed by atoms with Crippen LogP contribution in [0.15, 0.2) is 17.2 Å². The third kappa shape index (κ3) is 3.85. The summed E-state index contributed by atoms with van der Waals surface area (Å²) in [6, 6.07) is 3.44. The standard InChI is InChI=1S/C17H17ClN4O4S/c1-10-15(27-17(20-10)22-2-4-24-5-3-22)16(23)21-19-8-11-6-12(18)14-13(7-11)25-9-26-14/h6-8H,2-5,9H2,1H3,(H,21,23)/b19-8-. The number of fused-ring (bicyclic) bond motifs is 1. The van der Waals surface area contributed by atoms with Crippen LogP contribution in [-0.4, -0.2) is 50.2 Å². The SMILES string of the molecule is Cc1nc(N2CCOCC2)sc1C(=O)N/N=C\c1cc(Cl)c2c(c1)OCO2. The number of anilines is 1. The number of rotatable bonds is 4. The fourth-order valence-electron chi connectivity index (χ4n) is 2.76. The van der Waals surface area contributed by atoms with Crippen LogP contribution in [0.25, 0.3) is 0 Å². The molecule has 2 aliphatic heterocycles. The summed E-state index contributed by atoms with van der Waals surface area (Å²) in [7, 11) is 0. The number of morpholine rings is 1. The van der Waals surface area contributed by atoms with Gasteiger partial charge in [-0.25, -0.2) is 10.4 Å². The van der Waals surface area contributed by atoms with Crippen molar-refractivity contribution in [2.24, 2.45) is 5.10 Å². The van der Waals surface area contributed by atoms with E-state index < -0.39 is 0 Å². The molecule has 1 fully saturated rings. The Kier molecular flexibility index (Phi) is 5.15. The predicted octanol–water partition coefficient (Wildman–Crippen LogP) is 2.43. The number of carbonyl (C=O) groups excluding carboxylic acids is 1. The molecule has 0 aliphatic carbocycles. The molecule has 1 amide bonds. The van der Waals surface area contributed by atoms with Crippen LogP contribution in [-0.2, 0) is 4.74 Å². The summed E-state index contributed by atoms with van der Waals surface area (Å²) in [5, 5.41) is 5.28. The van der Waals surface area contributed by atoms with E-state index in [0.717, 1.165) is 18.2 Å². The highest BCUT2D eigenvalue weighted by Crippen LogP contribution is 2.39. The van der Waals surface area contributed by atoms with Crippen molar-refractivity contribution in [1.29, 1.82) is 0 Å². The summed E-state index contributed by atoms with van der Waals surface area (Å²) >= 11 is 7.49. The molecule has 4 rings (SSSR count). The minimum atomic E-state index is -0.299. The van der Waals surface area contributed by atoms with Crippen LogP contribution in [0.3, 0.4) is 0 Å². The number of carbonyl (C=O) groups is 1. The highest BCUT2D eigenvalue weighted by Gasteiger charge is 2.20. The number of halogens is 1. The molecule has 0 unspecified atom stereocenters. The molecule has 3 heterocycles. The second-order valence-electron chi connectivity index (χ2n) is 5.95. The molecule has 0 bridgehead atoms. The lowest BCUT2D eigenvalue weighted by Gasteiger charge is -2.25. The van der Waals surface area contributed by atoms with Gasteiger partial charge in [0.1, 0.15) is 4.88 Å². The fourth-order valence-corrected chi connectivity index (χ4v) is 4.04. The lowest BCUT2D eigenvalue weighted by molar-refractivity contribution is 0.0958. The van der Waals surface area contributed by atoms with E-state index >= 15 is 0 Å². The van der Waals surface area contributed by atoms with E-state index in [2.05, 4.69) is 20.4 Å². The molecule has 0 radical (unpaired) electrons. The van der Waals surface area contributed by atoms with E-state index in [9.17, 15) is 4.79 Å². The number of hydrogen-bond acceptors (Lipinski definition) is 8. The van der Waals surface area contributed by atoms with E-state index in [4.69, 9.17) is 25.8 Å². The first-order valence-corrected chi connectivity index (χ1v) is 9.54. The molecule has 0 spiro atoms. The largest absolute Gasteiger partial charge is 0.454 e. The summed E-state index contributed by atoms with van der Waals surface area (Å²) in [6.45, 7) is 4.85. The van der Waals surface area contributed by atoms with E-state index in [0.29, 0.717) is 45.9 Å². The van der Waals surface area contributed by atoms with Gasteiger partial charge in [-0.3, -0.25) is 4.79 Å². The van der Waals surface area contributed by atoms with Crippen molar-refractivity contribution in [3.05, 3.63) is 33.3 Å². The number of nitrogens with zero attached hydrogens (tertiary/aromatic N) is 3. The third-order valence-electron chi connectivity index (χ3n) is 4.10. The Morgan fingerprint density at radius 1 is 1.37 bits per heavy atom. The van der Waals surface area contributed by atoms with Crippen molar-refractivity contribution in [2.45, 2.75) is 6.92 Å². The normalized spacial score (nSPS) is 16.1. The van der Waals surface area contributed by atoms with E-state index in [-0.39, 0.29) is 12.7 Å². The van der Waals surface area contributed by atoms with Gasteiger partial charge in [-0.15, -0.1) is 0 Å². The second-order valence-corrected chi connectivity index (χ2v) is 7.33. The van der Waals surface area contributed by atoms with Crippen LogP contribution < -0.4 is 19.8 Å². The topological polar surface area (TPSA) is 85.3 Å². The van der Waals surface area contributed by atoms with Crippen molar-refractivity contribution in [3.8, 4) is 11.5 Å². The summed E-state index contributed by atoms with van der Waals surface area (Å²) < 4.78 is 15.9. The maximum absolute atomic E-state index is 12.4. The molecule has 1 N–H and O–H groups in total. The van der Waals surface area contributed by atoms with Crippen LogP contribution in [0, 0.1) is 6.92 Å². The number of amides is 1. The minimum absolute atomic E-state index is 0.141. The maximum Gasteiger partial charge on any atom is 0.283 e. The van der Waals surface area contributed by atoms with Crippen molar-refractivity contribution in [2.75, 3.05) is 38.0 Å². The van der Waals surface area contributed by atoms with Gasteiger partial charge in [-0.05, 0) is 24.6 Å². The number of hydrogen-bond donors (Lipinski definition) is 1.